The minimum atomic E-state index is 0.400. The van der Waals surface area contributed by atoms with Crippen LogP contribution in [0.4, 0.5) is 5.95 Å². The van der Waals surface area contributed by atoms with Crippen LogP contribution in [0.3, 0.4) is 0 Å². The fourth-order valence-corrected chi connectivity index (χ4v) is 3.44. The Morgan fingerprint density at radius 1 is 0.900 bits per heavy atom. The van der Waals surface area contributed by atoms with Crippen molar-refractivity contribution in [2.45, 2.75) is 0 Å². The van der Waals surface area contributed by atoms with Crippen LogP contribution in [-0.4, -0.2) is 29.4 Å². The molecule has 0 unspecified atom stereocenters. The predicted octanol–water partition coefficient (Wildman–Crippen LogP) is 5.17. The van der Waals surface area contributed by atoms with Crippen molar-refractivity contribution in [3.8, 4) is 22.8 Å². The number of nitrogens with one attached hydrogen (secondary N) is 1. The van der Waals surface area contributed by atoms with Crippen LogP contribution in [0.25, 0.3) is 22.2 Å². The molecule has 3 aromatic carbocycles. The lowest BCUT2D eigenvalue weighted by Gasteiger charge is -2.18. The average Bonchev–Trinajstić information content (AvgIpc) is 2.79. The molecule has 5 rings (SSSR count). The number of aromatic nitrogens is 2. The first kappa shape index (κ1) is 18.4. The van der Waals surface area contributed by atoms with Crippen molar-refractivity contribution in [2.24, 2.45) is 5.10 Å². The van der Waals surface area contributed by atoms with Crippen molar-refractivity contribution in [1.29, 1.82) is 0 Å². The molecule has 0 radical (unpaired) electrons. The van der Waals surface area contributed by atoms with Crippen LogP contribution in [-0.2, 0) is 0 Å². The molecule has 6 nitrogen and oxygen atoms in total. The lowest BCUT2D eigenvalue weighted by atomic mass is 10.1. The molecule has 30 heavy (non-hydrogen) atoms. The highest BCUT2D eigenvalue weighted by molar-refractivity contribution is 6.31. The molecule has 0 saturated carbocycles. The third-order valence-electron chi connectivity index (χ3n) is 4.65. The van der Waals surface area contributed by atoms with E-state index in [1.165, 1.54) is 0 Å². The number of ether oxygens (including phenoxy) is 2. The minimum Gasteiger partial charge on any atom is -0.486 e. The number of fused-ring (bicyclic) bond motifs is 2. The van der Waals surface area contributed by atoms with Crippen molar-refractivity contribution in [3.63, 3.8) is 0 Å². The van der Waals surface area contributed by atoms with E-state index in [9.17, 15) is 0 Å². The van der Waals surface area contributed by atoms with E-state index in [1.54, 1.807) is 6.21 Å². The lowest BCUT2D eigenvalue weighted by Crippen LogP contribution is -2.15. The zero-order valence-corrected chi connectivity index (χ0v) is 16.6. The van der Waals surface area contributed by atoms with Crippen molar-refractivity contribution < 1.29 is 9.47 Å². The Kier molecular flexibility index (Phi) is 4.91. The van der Waals surface area contributed by atoms with Crippen molar-refractivity contribution in [2.75, 3.05) is 18.6 Å². The summed E-state index contributed by atoms with van der Waals surface area (Å²) in [6.07, 6.45) is 1.69. The lowest BCUT2D eigenvalue weighted by molar-refractivity contribution is 0.171. The van der Waals surface area contributed by atoms with Gasteiger partial charge in [-0.25, -0.2) is 15.4 Å². The molecule has 0 aliphatic carbocycles. The van der Waals surface area contributed by atoms with Crippen LogP contribution in [0, 0.1) is 0 Å². The van der Waals surface area contributed by atoms with Gasteiger partial charge in [0.1, 0.15) is 13.2 Å². The zero-order chi connectivity index (χ0) is 20.3. The molecule has 4 aromatic rings. The Bertz CT molecular complexity index is 1240. The number of hydrogen-bond donors (Lipinski definition) is 1. The summed E-state index contributed by atoms with van der Waals surface area (Å²) in [5.41, 5.74) is 6.36. The molecule has 0 spiro atoms. The van der Waals surface area contributed by atoms with E-state index >= 15 is 0 Å². The molecule has 7 heteroatoms. The summed E-state index contributed by atoms with van der Waals surface area (Å²) < 4.78 is 11.2. The highest BCUT2D eigenvalue weighted by Crippen LogP contribution is 2.31. The summed E-state index contributed by atoms with van der Waals surface area (Å²) in [6, 6.07) is 21.2. The molecule has 1 aromatic heterocycles. The van der Waals surface area contributed by atoms with E-state index < -0.39 is 0 Å². The van der Waals surface area contributed by atoms with Gasteiger partial charge in [0.2, 0.25) is 5.95 Å². The maximum absolute atomic E-state index is 6.21. The summed E-state index contributed by atoms with van der Waals surface area (Å²) in [4.78, 5) is 9.24. The number of hydrazone groups is 1. The van der Waals surface area contributed by atoms with E-state index in [2.05, 4.69) is 20.5 Å². The standard InChI is InChI=1S/C23H17ClN4O2/c24-17-7-8-19-18(13-17)22(16-4-2-1-3-5-16)27-23(26-19)28-25-14-15-6-9-20-21(12-15)30-11-10-29-20/h1-9,12-14H,10-11H2,(H,26,27,28)/b25-14-. The Morgan fingerprint density at radius 2 is 1.73 bits per heavy atom. The molecule has 0 bridgehead atoms. The number of hydrogen-bond acceptors (Lipinski definition) is 6. The molecule has 0 saturated heterocycles. The number of halogens is 1. The maximum atomic E-state index is 6.21. The smallest absolute Gasteiger partial charge is 0.244 e. The van der Waals surface area contributed by atoms with Gasteiger partial charge in [0.25, 0.3) is 0 Å². The van der Waals surface area contributed by atoms with E-state index in [-0.39, 0.29) is 0 Å². The monoisotopic (exact) mass is 416 g/mol. The van der Waals surface area contributed by atoms with Crippen LogP contribution < -0.4 is 14.9 Å². The molecule has 2 heterocycles. The van der Waals surface area contributed by atoms with Crippen LogP contribution in [0.5, 0.6) is 11.5 Å². The first-order chi connectivity index (χ1) is 14.8. The molecular weight excluding hydrogens is 400 g/mol. The van der Waals surface area contributed by atoms with Gasteiger partial charge in [0.15, 0.2) is 11.5 Å². The van der Waals surface area contributed by atoms with Gasteiger partial charge in [0, 0.05) is 16.0 Å². The van der Waals surface area contributed by atoms with Crippen molar-refractivity contribution in [1.82, 2.24) is 9.97 Å². The Morgan fingerprint density at radius 3 is 2.60 bits per heavy atom. The normalized spacial score (nSPS) is 13.0. The Balaban J connectivity index is 1.46. The summed E-state index contributed by atoms with van der Waals surface area (Å²) in [6.45, 7) is 1.11. The molecule has 1 aliphatic heterocycles. The Hall–Kier alpha value is -3.64. The molecule has 0 atom stereocenters. The highest BCUT2D eigenvalue weighted by atomic mass is 35.5. The fourth-order valence-electron chi connectivity index (χ4n) is 3.27. The summed E-state index contributed by atoms with van der Waals surface area (Å²) >= 11 is 6.21. The van der Waals surface area contributed by atoms with Gasteiger partial charge in [-0.2, -0.15) is 5.10 Å². The largest absolute Gasteiger partial charge is 0.486 e. The quantitative estimate of drug-likeness (QED) is 0.367. The van der Waals surface area contributed by atoms with Gasteiger partial charge in [-0.05, 0) is 42.0 Å². The molecular formula is C23H17ClN4O2. The van der Waals surface area contributed by atoms with E-state index in [4.69, 9.17) is 21.1 Å². The SMILES string of the molecule is Clc1ccc2nc(N/N=C\c3ccc4c(c3)OCCO4)nc(-c3ccccc3)c2c1. The second-order valence-electron chi connectivity index (χ2n) is 6.70. The van der Waals surface area contributed by atoms with Gasteiger partial charge in [-0.1, -0.05) is 41.9 Å². The van der Waals surface area contributed by atoms with Crippen molar-refractivity contribution >= 4 is 34.7 Å². The number of nitrogens with zero attached hydrogens (tertiary/aromatic N) is 3. The summed E-state index contributed by atoms with van der Waals surface area (Å²) in [5.74, 6) is 1.86. The number of rotatable bonds is 4. The van der Waals surface area contributed by atoms with Crippen LogP contribution in [0.1, 0.15) is 5.56 Å². The van der Waals surface area contributed by atoms with Crippen LogP contribution in [0.15, 0.2) is 71.8 Å². The number of anilines is 1. The highest BCUT2D eigenvalue weighted by Gasteiger charge is 2.12. The Labute approximate surface area is 178 Å². The first-order valence-corrected chi connectivity index (χ1v) is 9.85. The molecule has 148 valence electrons. The molecule has 1 aliphatic rings. The summed E-state index contributed by atoms with van der Waals surface area (Å²) in [7, 11) is 0. The maximum Gasteiger partial charge on any atom is 0.244 e. The van der Waals surface area contributed by atoms with E-state index in [0.29, 0.717) is 24.2 Å². The van der Waals surface area contributed by atoms with Crippen LogP contribution >= 0.6 is 11.6 Å². The fraction of sp³-hybridized carbons (Fsp3) is 0.0870. The van der Waals surface area contributed by atoms with Gasteiger partial charge in [0.05, 0.1) is 17.4 Å². The zero-order valence-electron chi connectivity index (χ0n) is 15.9. The third-order valence-corrected chi connectivity index (χ3v) is 4.88. The van der Waals surface area contributed by atoms with Gasteiger partial charge >= 0.3 is 0 Å². The van der Waals surface area contributed by atoms with Crippen molar-refractivity contribution in [3.05, 3.63) is 77.3 Å². The van der Waals surface area contributed by atoms with Gasteiger partial charge in [-0.15, -0.1) is 0 Å². The predicted molar refractivity (Wildman–Crippen MR) is 119 cm³/mol. The third kappa shape index (κ3) is 3.77. The summed E-state index contributed by atoms with van der Waals surface area (Å²) in [5, 5.41) is 5.82. The molecule has 0 amide bonds. The second kappa shape index (κ2) is 8.00. The van der Waals surface area contributed by atoms with E-state index in [1.807, 2.05) is 66.7 Å². The van der Waals surface area contributed by atoms with Gasteiger partial charge in [-0.3, -0.25) is 0 Å². The number of benzene rings is 3. The van der Waals surface area contributed by atoms with E-state index in [0.717, 1.165) is 39.2 Å². The topological polar surface area (TPSA) is 68.6 Å². The molecule has 0 fully saturated rings. The molecule has 1 N–H and O–H groups in total. The first-order valence-electron chi connectivity index (χ1n) is 9.48. The van der Waals surface area contributed by atoms with Gasteiger partial charge < -0.3 is 9.47 Å². The van der Waals surface area contributed by atoms with Crippen LogP contribution in [0.2, 0.25) is 5.02 Å². The minimum absolute atomic E-state index is 0.400. The second-order valence-corrected chi connectivity index (χ2v) is 7.13. The average molecular weight is 417 g/mol.